The van der Waals surface area contributed by atoms with E-state index in [0.717, 1.165) is 10.4 Å². The van der Waals surface area contributed by atoms with E-state index >= 15 is 0 Å². The first kappa shape index (κ1) is 18.9. The molecule has 0 radical (unpaired) electrons. The van der Waals surface area contributed by atoms with Crippen molar-refractivity contribution in [2.45, 2.75) is 24.7 Å². The van der Waals surface area contributed by atoms with Crippen molar-refractivity contribution >= 4 is 34.8 Å². The number of rotatable bonds is 6. The van der Waals surface area contributed by atoms with Gasteiger partial charge < -0.3 is 15.0 Å². The van der Waals surface area contributed by atoms with Crippen LogP contribution in [-0.2, 0) is 27.3 Å². The molecular formula is C22H21ClN2O3S. The van der Waals surface area contributed by atoms with E-state index in [2.05, 4.69) is 5.32 Å². The number of hydrogen-bond donors (Lipinski definition) is 1. The monoisotopic (exact) mass is 428 g/mol. The van der Waals surface area contributed by atoms with Crippen LogP contribution >= 0.6 is 22.9 Å². The predicted molar refractivity (Wildman–Crippen MR) is 112 cm³/mol. The molecule has 150 valence electrons. The summed E-state index contributed by atoms with van der Waals surface area (Å²) in [7, 11) is 0. The lowest BCUT2D eigenvalue weighted by atomic mass is 9.77. The number of likely N-dealkylation sites (tertiary alicyclic amines) is 1. The molecule has 3 aliphatic rings. The average molecular weight is 429 g/mol. The highest BCUT2D eigenvalue weighted by molar-refractivity contribution is 7.09. The van der Waals surface area contributed by atoms with E-state index < -0.39 is 17.4 Å². The lowest BCUT2D eigenvalue weighted by Crippen LogP contribution is -2.44. The van der Waals surface area contributed by atoms with Gasteiger partial charge in [-0.05, 0) is 35.6 Å². The molecule has 4 atom stereocenters. The second kappa shape index (κ2) is 7.27. The number of benzene rings is 1. The molecular weight excluding hydrogens is 408 g/mol. The zero-order chi connectivity index (χ0) is 20.0. The van der Waals surface area contributed by atoms with Gasteiger partial charge in [-0.1, -0.05) is 42.0 Å². The van der Waals surface area contributed by atoms with Crippen molar-refractivity contribution in [2.24, 2.45) is 11.8 Å². The maximum absolute atomic E-state index is 13.2. The van der Waals surface area contributed by atoms with Gasteiger partial charge in [0.15, 0.2) is 0 Å². The molecule has 1 aromatic carbocycles. The molecule has 5 nitrogen and oxygen atoms in total. The highest BCUT2D eigenvalue weighted by atomic mass is 35.5. The second-order valence-electron chi connectivity index (χ2n) is 7.84. The second-order valence-corrected chi connectivity index (χ2v) is 9.31. The predicted octanol–water partition coefficient (Wildman–Crippen LogP) is 3.04. The van der Waals surface area contributed by atoms with Gasteiger partial charge in [-0.3, -0.25) is 9.59 Å². The molecule has 2 amide bonds. The fraction of sp³-hybridized carbons (Fsp3) is 0.364. The Kier molecular flexibility index (Phi) is 4.73. The third-order valence-electron chi connectivity index (χ3n) is 6.03. The molecule has 2 fully saturated rings. The number of ether oxygens (including phenoxy) is 1. The van der Waals surface area contributed by atoms with Gasteiger partial charge in [0.25, 0.3) is 0 Å². The summed E-state index contributed by atoms with van der Waals surface area (Å²) < 4.78 is 6.17. The summed E-state index contributed by atoms with van der Waals surface area (Å²) in [6.45, 7) is 1.59. The van der Waals surface area contributed by atoms with Crippen LogP contribution in [0.4, 0.5) is 0 Å². The lowest BCUT2D eigenvalue weighted by Gasteiger charge is -2.23. The van der Waals surface area contributed by atoms with Crippen molar-refractivity contribution in [1.82, 2.24) is 10.2 Å². The number of carbonyl (C=O) groups excluding carboxylic acids is 2. The fourth-order valence-corrected chi connectivity index (χ4v) is 5.55. The highest BCUT2D eigenvalue weighted by Gasteiger charge is 2.66. The van der Waals surface area contributed by atoms with Crippen molar-refractivity contribution in [3.8, 4) is 0 Å². The van der Waals surface area contributed by atoms with Gasteiger partial charge in [0.2, 0.25) is 11.8 Å². The van der Waals surface area contributed by atoms with Gasteiger partial charge in [-0.15, -0.1) is 11.3 Å². The normalized spacial score (nSPS) is 29.5. The Morgan fingerprint density at radius 2 is 2.14 bits per heavy atom. The summed E-state index contributed by atoms with van der Waals surface area (Å²) in [6.07, 6.45) is 4.34. The molecule has 29 heavy (non-hydrogen) atoms. The number of nitrogens with one attached hydrogen (secondary N) is 1. The van der Waals surface area contributed by atoms with Gasteiger partial charge in [0, 0.05) is 16.4 Å². The van der Waals surface area contributed by atoms with Crippen molar-refractivity contribution in [3.63, 3.8) is 0 Å². The van der Waals surface area contributed by atoms with Crippen molar-refractivity contribution in [3.05, 3.63) is 69.4 Å². The molecule has 5 rings (SSSR count). The van der Waals surface area contributed by atoms with E-state index in [1.165, 1.54) is 0 Å². The summed E-state index contributed by atoms with van der Waals surface area (Å²) in [5.74, 6) is -0.992. The Morgan fingerprint density at radius 1 is 1.31 bits per heavy atom. The summed E-state index contributed by atoms with van der Waals surface area (Å²) >= 11 is 7.55. The number of hydrogen-bond acceptors (Lipinski definition) is 4. The summed E-state index contributed by atoms with van der Waals surface area (Å²) in [5, 5.41) is 5.71. The first-order valence-electron chi connectivity index (χ1n) is 9.76. The quantitative estimate of drug-likeness (QED) is 0.719. The minimum atomic E-state index is -0.656. The molecule has 2 aromatic rings. The SMILES string of the molecule is O=C(NCCc1ccc(Cl)cc1)[C@@H]1[C@H]2C=C[C@@]3(CN(Cc4cccs4)C(=O)[C@@H]13)O2. The van der Waals surface area contributed by atoms with Crippen LogP contribution in [-0.4, -0.2) is 41.5 Å². The van der Waals surface area contributed by atoms with Gasteiger partial charge in [-0.2, -0.15) is 0 Å². The molecule has 2 bridgehead atoms. The molecule has 2 saturated heterocycles. The van der Waals surface area contributed by atoms with Crippen LogP contribution in [0, 0.1) is 11.8 Å². The number of carbonyl (C=O) groups is 2. The van der Waals surface area contributed by atoms with Gasteiger partial charge in [0.1, 0.15) is 5.60 Å². The van der Waals surface area contributed by atoms with E-state index in [1.54, 1.807) is 11.3 Å². The molecule has 0 aliphatic carbocycles. The van der Waals surface area contributed by atoms with Crippen molar-refractivity contribution in [1.29, 1.82) is 0 Å². The Balaban J connectivity index is 1.26. The smallest absolute Gasteiger partial charge is 0.230 e. The number of thiophene rings is 1. The zero-order valence-corrected chi connectivity index (χ0v) is 17.3. The number of fused-ring (bicyclic) bond motifs is 1. The first-order valence-corrected chi connectivity index (χ1v) is 11.0. The standard InChI is InChI=1S/C22H21ClN2O3S/c23-15-5-3-14(4-6-15)8-10-24-20(26)18-17-7-9-22(28-17)13-25(21(27)19(18)22)12-16-2-1-11-29-16/h1-7,9,11,17-19H,8,10,12-13H2,(H,24,26)/t17-,18-,19-,22+/m1/s1. The zero-order valence-electron chi connectivity index (χ0n) is 15.7. The average Bonchev–Trinajstić information content (AvgIpc) is 3.47. The summed E-state index contributed by atoms with van der Waals surface area (Å²) in [6, 6.07) is 11.6. The maximum atomic E-state index is 13.2. The maximum Gasteiger partial charge on any atom is 0.230 e. The molecule has 1 spiro atoms. The van der Waals surface area contributed by atoms with Crippen LogP contribution in [0.2, 0.25) is 5.02 Å². The van der Waals surface area contributed by atoms with E-state index in [-0.39, 0.29) is 17.9 Å². The number of halogens is 1. The lowest BCUT2D eigenvalue weighted by molar-refractivity contribution is -0.137. The van der Waals surface area contributed by atoms with Gasteiger partial charge in [0.05, 0.1) is 31.0 Å². The van der Waals surface area contributed by atoms with Crippen molar-refractivity contribution in [2.75, 3.05) is 13.1 Å². The number of amides is 2. The fourth-order valence-electron chi connectivity index (χ4n) is 4.70. The minimum absolute atomic E-state index is 0.0168. The molecule has 1 N–H and O–H groups in total. The molecule has 3 aliphatic heterocycles. The Bertz CT molecular complexity index is 959. The Hall–Kier alpha value is -2.15. The van der Waals surface area contributed by atoms with E-state index in [0.29, 0.717) is 31.1 Å². The van der Waals surface area contributed by atoms with E-state index in [4.69, 9.17) is 16.3 Å². The van der Waals surface area contributed by atoms with Crippen LogP contribution in [0.5, 0.6) is 0 Å². The van der Waals surface area contributed by atoms with Crippen LogP contribution < -0.4 is 5.32 Å². The largest absolute Gasteiger partial charge is 0.360 e. The molecule has 0 unspecified atom stereocenters. The third-order valence-corrected chi connectivity index (χ3v) is 7.15. The van der Waals surface area contributed by atoms with Crippen LogP contribution in [0.3, 0.4) is 0 Å². The van der Waals surface area contributed by atoms with Crippen LogP contribution in [0.15, 0.2) is 53.9 Å². The number of nitrogens with zero attached hydrogens (tertiary/aromatic N) is 1. The van der Waals surface area contributed by atoms with E-state index in [9.17, 15) is 9.59 Å². The molecule has 1 aromatic heterocycles. The first-order chi connectivity index (χ1) is 14.1. The third kappa shape index (κ3) is 3.29. The van der Waals surface area contributed by atoms with Gasteiger partial charge >= 0.3 is 0 Å². The van der Waals surface area contributed by atoms with Crippen LogP contribution in [0.25, 0.3) is 0 Å². The summed E-state index contributed by atoms with van der Waals surface area (Å²) in [4.78, 5) is 29.1. The van der Waals surface area contributed by atoms with Crippen molar-refractivity contribution < 1.29 is 14.3 Å². The molecule has 0 saturated carbocycles. The Labute approximate surface area is 178 Å². The summed E-state index contributed by atoms with van der Waals surface area (Å²) in [5.41, 5.74) is 0.450. The molecule has 4 heterocycles. The molecule has 7 heteroatoms. The van der Waals surface area contributed by atoms with E-state index in [1.807, 2.05) is 58.8 Å². The van der Waals surface area contributed by atoms with Crippen LogP contribution in [0.1, 0.15) is 10.4 Å². The Morgan fingerprint density at radius 3 is 2.90 bits per heavy atom. The highest BCUT2D eigenvalue weighted by Crippen LogP contribution is 2.52. The topological polar surface area (TPSA) is 58.6 Å². The van der Waals surface area contributed by atoms with Gasteiger partial charge in [-0.25, -0.2) is 0 Å². The minimum Gasteiger partial charge on any atom is -0.360 e.